The number of likely N-dealkylation sites (tertiary alicyclic amines) is 1. The zero-order valence-electron chi connectivity index (χ0n) is 11.8. The number of rotatable bonds is 3. The van der Waals surface area contributed by atoms with Crippen LogP contribution in [0, 0.1) is 5.41 Å². The van der Waals surface area contributed by atoms with Gasteiger partial charge in [0.15, 0.2) is 0 Å². The van der Waals surface area contributed by atoms with Crippen molar-refractivity contribution in [2.24, 2.45) is 5.41 Å². The van der Waals surface area contributed by atoms with E-state index in [4.69, 9.17) is 0 Å². The Morgan fingerprint density at radius 3 is 2.20 bits per heavy atom. The second-order valence-electron chi connectivity index (χ2n) is 5.39. The van der Waals surface area contributed by atoms with Crippen LogP contribution in [0.1, 0.15) is 30.1 Å². The lowest BCUT2D eigenvalue weighted by Crippen LogP contribution is -2.45. The monoisotopic (exact) mass is 293 g/mol. The van der Waals surface area contributed by atoms with Gasteiger partial charge in [0, 0.05) is 23.5 Å². The molecule has 1 saturated heterocycles. The first-order valence-electron chi connectivity index (χ1n) is 6.63. The molecule has 0 atom stereocenters. The number of aliphatic carboxylic acids is 1. The van der Waals surface area contributed by atoms with Gasteiger partial charge in [-0.1, -0.05) is 0 Å². The van der Waals surface area contributed by atoms with Gasteiger partial charge in [-0.25, -0.2) is 0 Å². The maximum Gasteiger partial charge on any atom is 0.309 e. The molecule has 1 aromatic rings. The molecule has 1 aliphatic heterocycles. The van der Waals surface area contributed by atoms with E-state index >= 15 is 0 Å². The highest BCUT2D eigenvalue weighted by molar-refractivity contribution is 7.98. The summed E-state index contributed by atoms with van der Waals surface area (Å²) in [5.74, 6) is -0.779. The Balaban J connectivity index is 2.02. The molecule has 1 aliphatic rings. The number of thioether (sulfide) groups is 1. The molecular weight excluding hydrogens is 274 g/mol. The van der Waals surface area contributed by atoms with Gasteiger partial charge in [0.05, 0.1) is 5.41 Å². The molecule has 1 amide bonds. The Hall–Kier alpha value is -1.49. The smallest absolute Gasteiger partial charge is 0.309 e. The molecule has 5 heteroatoms. The van der Waals surface area contributed by atoms with Crippen LogP contribution in [0.5, 0.6) is 0 Å². The first-order valence-corrected chi connectivity index (χ1v) is 7.85. The Kier molecular flexibility index (Phi) is 4.38. The number of benzene rings is 1. The van der Waals surface area contributed by atoms with Crippen LogP contribution in [0.4, 0.5) is 0 Å². The van der Waals surface area contributed by atoms with Crippen molar-refractivity contribution in [3.05, 3.63) is 29.8 Å². The minimum Gasteiger partial charge on any atom is -0.481 e. The zero-order valence-corrected chi connectivity index (χ0v) is 12.6. The van der Waals surface area contributed by atoms with Crippen molar-refractivity contribution >= 4 is 23.6 Å². The molecule has 0 radical (unpaired) electrons. The summed E-state index contributed by atoms with van der Waals surface area (Å²) in [5, 5.41) is 9.19. The summed E-state index contributed by atoms with van der Waals surface area (Å²) >= 11 is 1.64. The van der Waals surface area contributed by atoms with Crippen molar-refractivity contribution in [1.82, 2.24) is 4.90 Å². The van der Waals surface area contributed by atoms with Crippen molar-refractivity contribution in [1.29, 1.82) is 0 Å². The predicted molar refractivity (Wildman–Crippen MR) is 79.1 cm³/mol. The summed E-state index contributed by atoms with van der Waals surface area (Å²) in [5.41, 5.74) is -0.0267. The third kappa shape index (κ3) is 2.98. The van der Waals surface area contributed by atoms with E-state index in [0.717, 1.165) is 4.90 Å². The van der Waals surface area contributed by atoms with Crippen LogP contribution in [-0.4, -0.2) is 41.2 Å². The number of piperidine rings is 1. The highest BCUT2D eigenvalue weighted by Crippen LogP contribution is 2.31. The first-order chi connectivity index (χ1) is 9.46. The maximum atomic E-state index is 12.4. The molecule has 2 rings (SSSR count). The molecule has 1 N–H and O–H groups in total. The van der Waals surface area contributed by atoms with Crippen LogP contribution < -0.4 is 0 Å². The van der Waals surface area contributed by atoms with Gasteiger partial charge in [0.1, 0.15) is 0 Å². The molecule has 0 saturated carbocycles. The van der Waals surface area contributed by atoms with E-state index in [1.807, 2.05) is 30.5 Å². The Bertz CT molecular complexity index is 504. The molecule has 108 valence electrons. The summed E-state index contributed by atoms with van der Waals surface area (Å²) in [7, 11) is 0. The lowest BCUT2D eigenvalue weighted by Gasteiger charge is -2.36. The average molecular weight is 293 g/mol. The predicted octanol–water partition coefficient (Wildman–Crippen LogP) is 2.74. The van der Waals surface area contributed by atoms with Gasteiger partial charge < -0.3 is 10.0 Å². The van der Waals surface area contributed by atoms with Crippen LogP contribution in [0.25, 0.3) is 0 Å². The minimum atomic E-state index is -0.770. The van der Waals surface area contributed by atoms with Crippen molar-refractivity contribution in [2.45, 2.75) is 24.7 Å². The molecule has 20 heavy (non-hydrogen) atoms. The molecule has 1 fully saturated rings. The molecule has 4 nitrogen and oxygen atoms in total. The summed E-state index contributed by atoms with van der Waals surface area (Å²) in [4.78, 5) is 26.4. The van der Waals surface area contributed by atoms with E-state index in [1.54, 1.807) is 23.6 Å². The quantitative estimate of drug-likeness (QED) is 0.871. The Morgan fingerprint density at radius 1 is 1.20 bits per heavy atom. The van der Waals surface area contributed by atoms with Crippen LogP contribution >= 0.6 is 11.8 Å². The molecule has 0 bridgehead atoms. The van der Waals surface area contributed by atoms with Crippen LogP contribution in [0.15, 0.2) is 29.2 Å². The fourth-order valence-electron chi connectivity index (χ4n) is 2.33. The summed E-state index contributed by atoms with van der Waals surface area (Å²) in [6.07, 6.45) is 3.02. The lowest BCUT2D eigenvalue weighted by atomic mass is 9.80. The van der Waals surface area contributed by atoms with Crippen molar-refractivity contribution in [2.75, 3.05) is 19.3 Å². The number of carboxylic acids is 1. The van der Waals surface area contributed by atoms with Crippen molar-refractivity contribution in [3.8, 4) is 0 Å². The van der Waals surface area contributed by atoms with E-state index in [1.165, 1.54) is 0 Å². The third-order valence-electron chi connectivity index (χ3n) is 4.01. The van der Waals surface area contributed by atoms with E-state index < -0.39 is 11.4 Å². The van der Waals surface area contributed by atoms with Crippen LogP contribution in [-0.2, 0) is 4.79 Å². The summed E-state index contributed by atoms with van der Waals surface area (Å²) in [6.45, 7) is 2.77. The molecule has 0 aliphatic carbocycles. The fourth-order valence-corrected chi connectivity index (χ4v) is 2.74. The van der Waals surface area contributed by atoms with Gasteiger partial charge in [-0.05, 0) is 50.3 Å². The second-order valence-corrected chi connectivity index (χ2v) is 6.27. The van der Waals surface area contributed by atoms with Crippen LogP contribution in [0.3, 0.4) is 0 Å². The maximum absolute atomic E-state index is 12.4. The average Bonchev–Trinajstić information content (AvgIpc) is 2.47. The SMILES string of the molecule is CSc1ccc(C(=O)N2CCC(C)(C(=O)O)CC2)cc1. The minimum absolute atomic E-state index is 0.00917. The standard InChI is InChI=1S/C15H19NO3S/c1-15(14(18)19)7-9-16(10-8-15)13(17)11-3-5-12(20-2)6-4-11/h3-6H,7-10H2,1-2H3,(H,18,19). The highest BCUT2D eigenvalue weighted by Gasteiger charge is 2.38. The number of hydrogen-bond acceptors (Lipinski definition) is 3. The van der Waals surface area contributed by atoms with Crippen molar-refractivity contribution < 1.29 is 14.7 Å². The van der Waals surface area contributed by atoms with E-state index in [0.29, 0.717) is 31.5 Å². The summed E-state index contributed by atoms with van der Waals surface area (Å²) in [6, 6.07) is 7.53. The van der Waals surface area contributed by atoms with Gasteiger partial charge in [0.2, 0.25) is 0 Å². The van der Waals surface area contributed by atoms with Crippen molar-refractivity contribution in [3.63, 3.8) is 0 Å². The normalized spacial score (nSPS) is 17.8. The first kappa shape index (κ1) is 14.9. The molecular formula is C15H19NO3S. The van der Waals surface area contributed by atoms with Gasteiger partial charge >= 0.3 is 5.97 Å². The molecule has 0 unspecified atom stereocenters. The molecule has 1 aromatic carbocycles. The second kappa shape index (κ2) is 5.87. The van der Waals surface area contributed by atoms with Gasteiger partial charge in [0.25, 0.3) is 5.91 Å². The number of nitrogens with zero attached hydrogens (tertiary/aromatic N) is 1. The number of carbonyl (C=O) groups excluding carboxylic acids is 1. The zero-order chi connectivity index (χ0) is 14.8. The topological polar surface area (TPSA) is 57.6 Å². The number of carboxylic acid groups (broad SMARTS) is 1. The Morgan fingerprint density at radius 2 is 1.75 bits per heavy atom. The number of carbonyl (C=O) groups is 2. The largest absolute Gasteiger partial charge is 0.481 e. The summed E-state index contributed by atoms with van der Waals surface area (Å²) < 4.78 is 0. The fraction of sp³-hybridized carbons (Fsp3) is 0.467. The van der Waals surface area contributed by atoms with Gasteiger partial charge in [-0.2, -0.15) is 0 Å². The third-order valence-corrected chi connectivity index (χ3v) is 4.75. The highest BCUT2D eigenvalue weighted by atomic mass is 32.2. The van der Waals surface area contributed by atoms with Crippen LogP contribution in [0.2, 0.25) is 0 Å². The molecule has 1 heterocycles. The lowest BCUT2D eigenvalue weighted by molar-refractivity contribution is -0.150. The van der Waals surface area contributed by atoms with Gasteiger partial charge in [-0.15, -0.1) is 11.8 Å². The molecule has 0 spiro atoms. The molecule has 0 aromatic heterocycles. The number of hydrogen-bond donors (Lipinski definition) is 1. The van der Waals surface area contributed by atoms with E-state index in [2.05, 4.69) is 0 Å². The van der Waals surface area contributed by atoms with E-state index in [-0.39, 0.29) is 5.91 Å². The van der Waals surface area contributed by atoms with E-state index in [9.17, 15) is 14.7 Å². The van der Waals surface area contributed by atoms with Gasteiger partial charge in [-0.3, -0.25) is 9.59 Å². The number of amides is 1. The Labute approximate surface area is 123 Å².